The zero-order valence-electron chi connectivity index (χ0n) is 8.84. The average Bonchev–Trinajstić information content (AvgIpc) is 2.45. The number of fused-ring (bicyclic) bond motifs is 1. The lowest BCUT2D eigenvalue weighted by Crippen LogP contribution is -2.34. The smallest absolute Gasteiger partial charge is 0.132 e. The van der Waals surface area contributed by atoms with Crippen LogP contribution in [0.2, 0.25) is 5.15 Å². The standard InChI is InChI=1S/C11H14ClN3/c1-11(2,13)6-7-3-4-8-9(5-7)14-15-10(8)12/h3-5H,6,13H2,1-2H3,(H,14,15). The van der Waals surface area contributed by atoms with Crippen molar-refractivity contribution in [3.63, 3.8) is 0 Å². The lowest BCUT2D eigenvalue weighted by Gasteiger charge is -2.18. The molecule has 0 saturated carbocycles. The Morgan fingerprint density at radius 1 is 1.47 bits per heavy atom. The summed E-state index contributed by atoms with van der Waals surface area (Å²) in [5, 5.41) is 8.40. The maximum absolute atomic E-state index is 5.96. The van der Waals surface area contributed by atoms with Gasteiger partial charge in [0.15, 0.2) is 0 Å². The largest absolute Gasteiger partial charge is 0.325 e. The molecule has 2 rings (SSSR count). The third-order valence-corrected chi connectivity index (χ3v) is 2.52. The van der Waals surface area contributed by atoms with Crippen molar-refractivity contribution >= 4 is 22.5 Å². The molecule has 2 aromatic rings. The van der Waals surface area contributed by atoms with Gasteiger partial charge in [-0.15, -0.1) is 0 Å². The molecule has 0 radical (unpaired) electrons. The Balaban J connectivity index is 2.39. The van der Waals surface area contributed by atoms with Crippen LogP contribution in [0, 0.1) is 0 Å². The Morgan fingerprint density at radius 2 is 2.20 bits per heavy atom. The molecule has 1 aromatic heterocycles. The Bertz CT molecular complexity index is 482. The number of aromatic nitrogens is 2. The van der Waals surface area contributed by atoms with E-state index in [0.29, 0.717) is 5.15 Å². The fourth-order valence-electron chi connectivity index (χ4n) is 1.66. The van der Waals surface area contributed by atoms with Crippen LogP contribution >= 0.6 is 11.6 Å². The van der Waals surface area contributed by atoms with E-state index in [2.05, 4.69) is 10.2 Å². The summed E-state index contributed by atoms with van der Waals surface area (Å²) in [6.07, 6.45) is 0.827. The van der Waals surface area contributed by atoms with Gasteiger partial charge in [0.05, 0.1) is 5.52 Å². The highest BCUT2D eigenvalue weighted by molar-refractivity contribution is 6.34. The average molecular weight is 224 g/mol. The predicted molar refractivity (Wildman–Crippen MR) is 63.1 cm³/mol. The summed E-state index contributed by atoms with van der Waals surface area (Å²) in [6.45, 7) is 4.02. The van der Waals surface area contributed by atoms with Gasteiger partial charge in [-0.3, -0.25) is 5.10 Å². The number of nitrogens with two attached hydrogens (primary N) is 1. The monoisotopic (exact) mass is 223 g/mol. The molecule has 0 bridgehead atoms. The molecular formula is C11H14ClN3. The zero-order chi connectivity index (χ0) is 11.1. The molecule has 0 saturated heterocycles. The van der Waals surface area contributed by atoms with E-state index in [9.17, 15) is 0 Å². The molecule has 4 heteroatoms. The Labute approximate surface area is 93.6 Å². The highest BCUT2D eigenvalue weighted by Crippen LogP contribution is 2.22. The number of rotatable bonds is 2. The summed E-state index contributed by atoms with van der Waals surface area (Å²) in [5.41, 5.74) is 7.83. The second kappa shape index (κ2) is 3.51. The van der Waals surface area contributed by atoms with Crippen molar-refractivity contribution in [1.82, 2.24) is 10.2 Å². The van der Waals surface area contributed by atoms with Crippen LogP contribution in [0.25, 0.3) is 10.9 Å². The molecule has 15 heavy (non-hydrogen) atoms. The van der Waals surface area contributed by atoms with Crippen LogP contribution in [-0.4, -0.2) is 15.7 Å². The number of hydrogen-bond acceptors (Lipinski definition) is 2. The molecule has 0 unspecified atom stereocenters. The highest BCUT2D eigenvalue weighted by atomic mass is 35.5. The van der Waals surface area contributed by atoms with Crippen LogP contribution in [0.1, 0.15) is 19.4 Å². The van der Waals surface area contributed by atoms with Crippen LogP contribution in [0.5, 0.6) is 0 Å². The van der Waals surface area contributed by atoms with Crippen LogP contribution in [0.15, 0.2) is 18.2 Å². The van der Waals surface area contributed by atoms with E-state index < -0.39 is 0 Å². The van der Waals surface area contributed by atoms with Gasteiger partial charge >= 0.3 is 0 Å². The predicted octanol–water partition coefficient (Wildman–Crippen LogP) is 2.50. The minimum absolute atomic E-state index is 0.201. The lowest BCUT2D eigenvalue weighted by atomic mass is 9.96. The van der Waals surface area contributed by atoms with Gasteiger partial charge < -0.3 is 5.73 Å². The molecule has 1 heterocycles. The SMILES string of the molecule is CC(C)(N)Cc1ccc2c(Cl)[nH]nc2c1. The van der Waals surface area contributed by atoms with Gasteiger partial charge in [0.2, 0.25) is 0 Å². The fraction of sp³-hybridized carbons (Fsp3) is 0.364. The van der Waals surface area contributed by atoms with E-state index in [1.807, 2.05) is 32.0 Å². The van der Waals surface area contributed by atoms with Crippen LogP contribution in [0.4, 0.5) is 0 Å². The van der Waals surface area contributed by atoms with E-state index in [1.165, 1.54) is 5.56 Å². The van der Waals surface area contributed by atoms with Gasteiger partial charge in [0.25, 0.3) is 0 Å². The number of H-pyrrole nitrogens is 1. The molecule has 80 valence electrons. The van der Waals surface area contributed by atoms with E-state index in [1.54, 1.807) is 0 Å². The number of nitrogens with zero attached hydrogens (tertiary/aromatic N) is 1. The summed E-state index contributed by atoms with van der Waals surface area (Å²) >= 11 is 5.92. The fourth-order valence-corrected chi connectivity index (χ4v) is 1.86. The van der Waals surface area contributed by atoms with Gasteiger partial charge in [0, 0.05) is 10.9 Å². The van der Waals surface area contributed by atoms with Crippen molar-refractivity contribution in [2.24, 2.45) is 5.73 Å². The molecule has 0 aliphatic heterocycles. The van der Waals surface area contributed by atoms with Crippen molar-refractivity contribution < 1.29 is 0 Å². The van der Waals surface area contributed by atoms with Gasteiger partial charge in [-0.05, 0) is 38.0 Å². The maximum Gasteiger partial charge on any atom is 0.132 e. The maximum atomic E-state index is 5.96. The van der Waals surface area contributed by atoms with Crippen molar-refractivity contribution in [3.05, 3.63) is 28.9 Å². The number of aromatic amines is 1. The first-order valence-corrected chi connectivity index (χ1v) is 5.25. The normalized spacial score (nSPS) is 12.3. The first kappa shape index (κ1) is 10.5. The second-order valence-electron chi connectivity index (χ2n) is 4.55. The van der Waals surface area contributed by atoms with Gasteiger partial charge in [-0.25, -0.2) is 0 Å². The molecular weight excluding hydrogens is 210 g/mol. The molecule has 0 fully saturated rings. The van der Waals surface area contributed by atoms with Crippen LogP contribution < -0.4 is 5.73 Å². The van der Waals surface area contributed by atoms with Crippen molar-refractivity contribution in [1.29, 1.82) is 0 Å². The minimum Gasteiger partial charge on any atom is -0.325 e. The molecule has 0 atom stereocenters. The van der Waals surface area contributed by atoms with Gasteiger partial charge in [0.1, 0.15) is 5.15 Å². The summed E-state index contributed by atoms with van der Waals surface area (Å²) in [6, 6.07) is 6.03. The quantitative estimate of drug-likeness (QED) is 0.822. The Morgan fingerprint density at radius 3 is 2.87 bits per heavy atom. The number of hydrogen-bond donors (Lipinski definition) is 2. The summed E-state index contributed by atoms with van der Waals surface area (Å²) in [4.78, 5) is 0. The van der Waals surface area contributed by atoms with E-state index >= 15 is 0 Å². The number of halogens is 1. The van der Waals surface area contributed by atoms with Crippen molar-refractivity contribution in [2.45, 2.75) is 25.8 Å². The van der Waals surface area contributed by atoms with Crippen LogP contribution in [-0.2, 0) is 6.42 Å². The molecule has 1 aromatic carbocycles. The van der Waals surface area contributed by atoms with Crippen molar-refractivity contribution in [3.8, 4) is 0 Å². The number of benzene rings is 1. The molecule has 3 nitrogen and oxygen atoms in total. The second-order valence-corrected chi connectivity index (χ2v) is 4.93. The zero-order valence-corrected chi connectivity index (χ0v) is 9.60. The van der Waals surface area contributed by atoms with Crippen LogP contribution in [0.3, 0.4) is 0 Å². The highest BCUT2D eigenvalue weighted by Gasteiger charge is 2.12. The topological polar surface area (TPSA) is 54.7 Å². The molecule has 0 aliphatic rings. The summed E-state index contributed by atoms with van der Waals surface area (Å²) < 4.78 is 0. The van der Waals surface area contributed by atoms with E-state index in [-0.39, 0.29) is 5.54 Å². The number of nitrogens with one attached hydrogen (secondary N) is 1. The Hall–Kier alpha value is -1.06. The minimum atomic E-state index is -0.201. The summed E-state index contributed by atoms with van der Waals surface area (Å²) in [5.74, 6) is 0. The van der Waals surface area contributed by atoms with Gasteiger partial charge in [-0.2, -0.15) is 5.10 Å². The van der Waals surface area contributed by atoms with Crippen molar-refractivity contribution in [2.75, 3.05) is 0 Å². The third-order valence-electron chi connectivity index (χ3n) is 2.23. The first-order chi connectivity index (χ1) is 6.96. The third kappa shape index (κ3) is 2.30. The summed E-state index contributed by atoms with van der Waals surface area (Å²) in [7, 11) is 0. The van der Waals surface area contributed by atoms with Gasteiger partial charge in [-0.1, -0.05) is 17.7 Å². The molecule has 3 N–H and O–H groups in total. The first-order valence-electron chi connectivity index (χ1n) is 4.87. The molecule has 0 aliphatic carbocycles. The van der Waals surface area contributed by atoms with E-state index in [0.717, 1.165) is 17.3 Å². The lowest BCUT2D eigenvalue weighted by molar-refractivity contribution is 0.517. The molecule has 0 amide bonds. The van der Waals surface area contributed by atoms with E-state index in [4.69, 9.17) is 17.3 Å². The Kier molecular flexibility index (Phi) is 2.44. The molecule has 0 spiro atoms.